The number of nitrogens with zero attached hydrogens (tertiary/aromatic N) is 2. The van der Waals surface area contributed by atoms with Gasteiger partial charge in [0.15, 0.2) is 4.96 Å². The summed E-state index contributed by atoms with van der Waals surface area (Å²) in [5.74, 6) is 0. The van der Waals surface area contributed by atoms with E-state index in [-0.39, 0.29) is 5.38 Å². The smallest absolute Gasteiger partial charge is 0.193 e. The van der Waals surface area contributed by atoms with Gasteiger partial charge < -0.3 is 5.32 Å². The quantitative estimate of drug-likeness (QED) is 0.807. The maximum absolute atomic E-state index is 6.12. The minimum atomic E-state index is 0.230. The molecule has 2 aromatic heterocycles. The van der Waals surface area contributed by atoms with Crippen molar-refractivity contribution in [3.63, 3.8) is 0 Å². The largest absolute Gasteiger partial charge is 0.310 e. The highest BCUT2D eigenvalue weighted by molar-refractivity contribution is 7.15. The molecule has 0 bridgehead atoms. The molecule has 2 aromatic rings. The maximum atomic E-state index is 6.12. The van der Waals surface area contributed by atoms with E-state index in [9.17, 15) is 0 Å². The average molecular weight is 258 g/mol. The number of fused-ring (bicyclic) bond motifs is 1. The van der Waals surface area contributed by atoms with E-state index in [0.29, 0.717) is 0 Å². The Morgan fingerprint density at radius 3 is 3.25 bits per heavy atom. The van der Waals surface area contributed by atoms with Gasteiger partial charge in [-0.3, -0.25) is 4.40 Å². The molecule has 0 aliphatic rings. The van der Waals surface area contributed by atoms with Gasteiger partial charge in [-0.2, -0.15) is 0 Å². The second-order valence-corrected chi connectivity index (χ2v) is 5.33. The maximum Gasteiger partial charge on any atom is 0.193 e. The van der Waals surface area contributed by atoms with Crippen molar-refractivity contribution in [1.29, 1.82) is 0 Å². The molecule has 0 radical (unpaired) electrons. The molecule has 0 spiro atoms. The third kappa shape index (κ3) is 2.97. The summed E-state index contributed by atoms with van der Waals surface area (Å²) >= 11 is 7.77. The molecule has 0 fully saturated rings. The van der Waals surface area contributed by atoms with Crippen molar-refractivity contribution in [2.45, 2.75) is 31.7 Å². The Kier molecular flexibility index (Phi) is 4.21. The van der Waals surface area contributed by atoms with Crippen LogP contribution in [0.15, 0.2) is 17.8 Å². The molecule has 1 unspecified atom stereocenters. The van der Waals surface area contributed by atoms with Gasteiger partial charge >= 0.3 is 0 Å². The summed E-state index contributed by atoms with van der Waals surface area (Å²) in [7, 11) is 0. The van der Waals surface area contributed by atoms with Crippen molar-refractivity contribution >= 4 is 27.9 Å². The summed E-state index contributed by atoms with van der Waals surface area (Å²) in [5.41, 5.74) is 1.08. The third-order valence-corrected chi connectivity index (χ3v) is 3.56. The first-order valence-corrected chi connectivity index (χ1v) is 6.87. The van der Waals surface area contributed by atoms with Gasteiger partial charge in [0, 0.05) is 36.2 Å². The predicted octanol–water partition coefficient (Wildman–Crippen LogP) is 2.89. The van der Waals surface area contributed by atoms with Crippen LogP contribution in [-0.4, -0.2) is 21.3 Å². The Hall–Kier alpha value is -0.580. The van der Waals surface area contributed by atoms with Gasteiger partial charge in [-0.1, -0.05) is 13.3 Å². The molecule has 0 aliphatic heterocycles. The number of hydrogen-bond donors (Lipinski definition) is 1. The fourth-order valence-corrected chi connectivity index (χ4v) is 2.68. The molecule has 0 saturated heterocycles. The topological polar surface area (TPSA) is 29.3 Å². The molecule has 1 atom stereocenters. The van der Waals surface area contributed by atoms with E-state index >= 15 is 0 Å². The highest BCUT2D eigenvalue weighted by atomic mass is 35.5. The fraction of sp³-hybridized carbons (Fsp3) is 0.545. The van der Waals surface area contributed by atoms with Crippen LogP contribution in [0, 0.1) is 0 Å². The van der Waals surface area contributed by atoms with Crippen molar-refractivity contribution in [3.05, 3.63) is 23.5 Å². The van der Waals surface area contributed by atoms with E-state index in [1.165, 1.54) is 0 Å². The zero-order chi connectivity index (χ0) is 11.4. The van der Waals surface area contributed by atoms with Crippen LogP contribution in [0.1, 0.15) is 25.5 Å². The standard InChI is InChI=1S/C11H16ClN3S/c1-2-3-9(12)6-13-7-10-8-15-4-5-16-11(15)14-10/h4-5,8-9,13H,2-3,6-7H2,1H3. The molecular formula is C11H16ClN3S. The number of thiazole rings is 1. The predicted molar refractivity (Wildman–Crippen MR) is 69.3 cm³/mol. The second kappa shape index (κ2) is 5.66. The minimum absolute atomic E-state index is 0.230. The lowest BCUT2D eigenvalue weighted by Crippen LogP contribution is -2.22. The molecule has 1 N–H and O–H groups in total. The first kappa shape index (κ1) is 11.9. The van der Waals surface area contributed by atoms with Gasteiger partial charge in [-0.25, -0.2) is 4.98 Å². The summed E-state index contributed by atoms with van der Waals surface area (Å²) in [6, 6.07) is 0. The average Bonchev–Trinajstić information content (AvgIpc) is 2.78. The Morgan fingerprint density at radius 1 is 1.62 bits per heavy atom. The lowest BCUT2D eigenvalue weighted by molar-refractivity contribution is 0.618. The van der Waals surface area contributed by atoms with Gasteiger partial charge in [-0.05, 0) is 6.42 Å². The lowest BCUT2D eigenvalue weighted by Gasteiger charge is -2.07. The molecule has 0 aliphatic carbocycles. The van der Waals surface area contributed by atoms with Crippen LogP contribution in [0.5, 0.6) is 0 Å². The van der Waals surface area contributed by atoms with Crippen LogP contribution in [0.25, 0.3) is 4.96 Å². The first-order chi connectivity index (χ1) is 7.79. The number of nitrogens with one attached hydrogen (secondary N) is 1. The fourth-order valence-electron chi connectivity index (χ4n) is 1.63. The van der Waals surface area contributed by atoms with Crippen LogP contribution in [0.3, 0.4) is 0 Å². The van der Waals surface area contributed by atoms with E-state index in [1.54, 1.807) is 11.3 Å². The molecule has 0 amide bonds. The van der Waals surface area contributed by atoms with Crippen LogP contribution < -0.4 is 5.32 Å². The second-order valence-electron chi connectivity index (χ2n) is 3.84. The van der Waals surface area contributed by atoms with Crippen LogP contribution in [-0.2, 0) is 6.54 Å². The van der Waals surface area contributed by atoms with Gasteiger partial charge in [0.25, 0.3) is 0 Å². The zero-order valence-electron chi connectivity index (χ0n) is 9.32. The number of hydrogen-bond acceptors (Lipinski definition) is 3. The van der Waals surface area contributed by atoms with Crippen molar-refractivity contribution < 1.29 is 0 Å². The van der Waals surface area contributed by atoms with Gasteiger partial charge in [0.05, 0.1) is 5.69 Å². The molecule has 5 heteroatoms. The number of imidazole rings is 1. The summed E-state index contributed by atoms with van der Waals surface area (Å²) in [6.45, 7) is 3.79. The van der Waals surface area contributed by atoms with Crippen LogP contribution in [0.2, 0.25) is 0 Å². The van der Waals surface area contributed by atoms with E-state index < -0.39 is 0 Å². The van der Waals surface area contributed by atoms with Crippen LogP contribution in [0.4, 0.5) is 0 Å². The van der Waals surface area contributed by atoms with Gasteiger partial charge in [0.2, 0.25) is 0 Å². The van der Waals surface area contributed by atoms with Crippen molar-refractivity contribution in [3.8, 4) is 0 Å². The van der Waals surface area contributed by atoms with E-state index in [1.807, 2.05) is 16.0 Å². The lowest BCUT2D eigenvalue weighted by atomic mass is 10.2. The SMILES string of the molecule is CCCC(Cl)CNCc1cn2ccsc2n1. The number of alkyl halides is 1. The highest BCUT2D eigenvalue weighted by Crippen LogP contribution is 2.11. The normalized spacial score (nSPS) is 13.4. The molecular weight excluding hydrogens is 242 g/mol. The third-order valence-electron chi connectivity index (χ3n) is 2.42. The van der Waals surface area contributed by atoms with Gasteiger partial charge in [0.1, 0.15) is 0 Å². The molecule has 16 heavy (non-hydrogen) atoms. The Morgan fingerprint density at radius 2 is 2.50 bits per heavy atom. The summed E-state index contributed by atoms with van der Waals surface area (Å²) in [6.07, 6.45) is 6.28. The number of rotatable bonds is 6. The Bertz CT molecular complexity index is 409. The minimum Gasteiger partial charge on any atom is -0.310 e. The van der Waals surface area contributed by atoms with E-state index in [0.717, 1.165) is 36.6 Å². The summed E-state index contributed by atoms with van der Waals surface area (Å²) in [5, 5.41) is 5.60. The Balaban J connectivity index is 1.80. The Labute approximate surface area is 104 Å². The molecule has 0 saturated carbocycles. The van der Waals surface area contributed by atoms with E-state index in [4.69, 9.17) is 11.6 Å². The van der Waals surface area contributed by atoms with Crippen molar-refractivity contribution in [1.82, 2.24) is 14.7 Å². The highest BCUT2D eigenvalue weighted by Gasteiger charge is 2.04. The first-order valence-electron chi connectivity index (χ1n) is 5.55. The van der Waals surface area contributed by atoms with Crippen molar-refractivity contribution in [2.75, 3.05) is 6.54 Å². The van der Waals surface area contributed by atoms with Crippen LogP contribution >= 0.6 is 22.9 Å². The summed E-state index contributed by atoms with van der Waals surface area (Å²) < 4.78 is 2.05. The molecule has 2 rings (SSSR count). The van der Waals surface area contributed by atoms with E-state index in [2.05, 4.69) is 23.4 Å². The molecule has 3 nitrogen and oxygen atoms in total. The van der Waals surface area contributed by atoms with Gasteiger partial charge in [-0.15, -0.1) is 22.9 Å². The zero-order valence-corrected chi connectivity index (χ0v) is 10.9. The number of halogens is 1. The summed E-state index contributed by atoms with van der Waals surface area (Å²) in [4.78, 5) is 5.54. The molecule has 88 valence electrons. The molecule has 0 aromatic carbocycles. The number of aromatic nitrogens is 2. The van der Waals surface area contributed by atoms with Crippen molar-refractivity contribution in [2.24, 2.45) is 0 Å². The monoisotopic (exact) mass is 257 g/mol. The molecule has 2 heterocycles.